The maximum atomic E-state index is 11.9. The number of rotatable bonds is 10. The first kappa shape index (κ1) is 21.6. The van der Waals surface area contributed by atoms with E-state index in [1.165, 1.54) is 13.8 Å². The molecule has 0 aromatic carbocycles. The third-order valence-corrected chi connectivity index (χ3v) is 2.60. The molecule has 0 saturated carbocycles. The topological polar surface area (TPSA) is 71.1 Å². The Morgan fingerprint density at radius 3 is 2.09 bits per heavy atom. The second-order valence-corrected chi connectivity index (χ2v) is 5.07. The highest BCUT2D eigenvalue weighted by Crippen LogP contribution is 2.17. The summed E-state index contributed by atoms with van der Waals surface area (Å²) in [5.41, 5.74) is 0. The summed E-state index contributed by atoms with van der Waals surface area (Å²) in [5.74, 6) is -3.35. The molecule has 0 aliphatic carbocycles. The number of halogens is 3. The predicted octanol–water partition coefficient (Wildman–Crippen LogP) is 2.10. The lowest BCUT2D eigenvalue weighted by Gasteiger charge is -2.18. The number of hydrogen-bond acceptors (Lipinski definition) is 6. The van der Waals surface area contributed by atoms with Crippen LogP contribution in [0.5, 0.6) is 0 Å². The van der Waals surface area contributed by atoms with Crippen LogP contribution < -0.4 is 0 Å². The number of esters is 2. The molecule has 0 aliphatic rings. The predicted molar refractivity (Wildman–Crippen MR) is 73.6 cm³/mol. The Hall–Kier alpha value is -1.35. The Balaban J connectivity index is 3.96. The third-order valence-electron chi connectivity index (χ3n) is 2.60. The lowest BCUT2D eigenvalue weighted by Crippen LogP contribution is -2.30. The molecule has 0 N–H and O–H groups in total. The maximum Gasteiger partial charge on any atom is 0.490 e. The van der Waals surface area contributed by atoms with Gasteiger partial charge in [0.15, 0.2) is 6.10 Å². The van der Waals surface area contributed by atoms with E-state index < -0.39 is 36.7 Å². The van der Waals surface area contributed by atoms with Crippen LogP contribution in [0.4, 0.5) is 13.2 Å². The highest BCUT2D eigenvalue weighted by Gasteiger charge is 2.41. The van der Waals surface area contributed by atoms with E-state index in [1.54, 1.807) is 6.92 Å². The van der Waals surface area contributed by atoms with Gasteiger partial charge in [0, 0.05) is 12.5 Å². The minimum atomic E-state index is -5.02. The molecule has 0 aromatic heterocycles. The van der Waals surface area contributed by atoms with Crippen molar-refractivity contribution < 1.29 is 41.7 Å². The Labute approximate surface area is 133 Å². The molecular weight excluding hydrogens is 321 g/mol. The average Bonchev–Trinajstić information content (AvgIpc) is 2.46. The van der Waals surface area contributed by atoms with Crippen molar-refractivity contribution in [3.63, 3.8) is 0 Å². The summed E-state index contributed by atoms with van der Waals surface area (Å²) in [4.78, 5) is 22.2. The van der Waals surface area contributed by atoms with Crippen molar-refractivity contribution in [2.45, 2.75) is 46.1 Å². The van der Waals surface area contributed by atoms with Crippen molar-refractivity contribution in [3.05, 3.63) is 0 Å². The van der Waals surface area contributed by atoms with Crippen LogP contribution in [-0.2, 0) is 28.5 Å². The number of ether oxygens (including phenoxy) is 4. The standard InChI is InChI=1S/C14H23F3O6/c1-5-20-10(3)8-22-12(18)11(4)21-6-9(2)7-23-13(19)14(15,16)17/h9-11H,5-8H2,1-4H3. The van der Waals surface area contributed by atoms with Gasteiger partial charge >= 0.3 is 18.1 Å². The summed E-state index contributed by atoms with van der Waals surface area (Å²) in [6.07, 6.45) is -6.14. The molecule has 0 aliphatic heterocycles. The molecule has 136 valence electrons. The molecule has 0 rings (SSSR count). The Morgan fingerprint density at radius 2 is 1.57 bits per heavy atom. The summed E-state index contributed by atoms with van der Waals surface area (Å²) < 4.78 is 55.3. The van der Waals surface area contributed by atoms with Gasteiger partial charge in [-0.05, 0) is 20.8 Å². The van der Waals surface area contributed by atoms with Crippen LogP contribution in [0.15, 0.2) is 0 Å². The van der Waals surface area contributed by atoms with E-state index in [2.05, 4.69) is 4.74 Å². The van der Waals surface area contributed by atoms with Gasteiger partial charge in [-0.1, -0.05) is 6.92 Å². The fourth-order valence-electron chi connectivity index (χ4n) is 1.37. The minimum Gasteiger partial charge on any atom is -0.461 e. The van der Waals surface area contributed by atoms with Crippen molar-refractivity contribution >= 4 is 11.9 Å². The van der Waals surface area contributed by atoms with Crippen molar-refractivity contribution in [3.8, 4) is 0 Å². The van der Waals surface area contributed by atoms with Gasteiger partial charge in [0.05, 0.1) is 19.3 Å². The molecule has 23 heavy (non-hydrogen) atoms. The molecular formula is C14H23F3O6. The van der Waals surface area contributed by atoms with Gasteiger partial charge in [-0.2, -0.15) is 13.2 Å². The lowest BCUT2D eigenvalue weighted by atomic mass is 10.2. The zero-order valence-electron chi connectivity index (χ0n) is 13.6. The molecule has 0 fully saturated rings. The first-order valence-corrected chi connectivity index (χ1v) is 7.21. The minimum absolute atomic E-state index is 0.0532. The fraction of sp³-hybridized carbons (Fsp3) is 0.857. The van der Waals surface area contributed by atoms with Crippen molar-refractivity contribution in [1.82, 2.24) is 0 Å². The molecule has 3 atom stereocenters. The molecule has 0 bridgehead atoms. The molecule has 6 nitrogen and oxygen atoms in total. The monoisotopic (exact) mass is 344 g/mol. The molecule has 0 heterocycles. The van der Waals surface area contributed by atoms with E-state index in [4.69, 9.17) is 14.2 Å². The molecule has 0 saturated heterocycles. The maximum absolute atomic E-state index is 11.9. The van der Waals surface area contributed by atoms with Crippen LogP contribution in [0.25, 0.3) is 0 Å². The van der Waals surface area contributed by atoms with Crippen molar-refractivity contribution in [2.75, 3.05) is 26.4 Å². The summed E-state index contributed by atoms with van der Waals surface area (Å²) in [6.45, 7) is 6.62. The Kier molecular flexibility index (Phi) is 9.82. The normalized spacial score (nSPS) is 15.6. The second-order valence-electron chi connectivity index (χ2n) is 5.07. The second kappa shape index (κ2) is 10.4. The molecule has 0 amide bonds. The Morgan fingerprint density at radius 1 is 0.957 bits per heavy atom. The van der Waals surface area contributed by atoms with Gasteiger partial charge in [0.25, 0.3) is 0 Å². The molecule has 3 unspecified atom stereocenters. The molecule has 9 heteroatoms. The van der Waals surface area contributed by atoms with E-state index >= 15 is 0 Å². The van der Waals surface area contributed by atoms with E-state index in [1.807, 2.05) is 6.92 Å². The van der Waals surface area contributed by atoms with Crippen LogP contribution in [-0.4, -0.2) is 56.8 Å². The van der Waals surface area contributed by atoms with Crippen LogP contribution >= 0.6 is 0 Å². The average molecular weight is 344 g/mol. The van der Waals surface area contributed by atoms with Gasteiger partial charge < -0.3 is 18.9 Å². The van der Waals surface area contributed by atoms with E-state index in [0.717, 1.165) is 0 Å². The van der Waals surface area contributed by atoms with Gasteiger partial charge in [0.1, 0.15) is 6.61 Å². The third kappa shape index (κ3) is 10.1. The van der Waals surface area contributed by atoms with Crippen LogP contribution in [0.1, 0.15) is 27.7 Å². The SMILES string of the molecule is CCOC(C)COC(=O)C(C)OCC(C)COC(=O)C(F)(F)F. The summed E-state index contributed by atoms with van der Waals surface area (Å²) in [7, 11) is 0. The fourth-order valence-corrected chi connectivity index (χ4v) is 1.37. The quantitative estimate of drug-likeness (QED) is 0.565. The lowest BCUT2D eigenvalue weighted by molar-refractivity contribution is -0.201. The zero-order chi connectivity index (χ0) is 18.0. The van der Waals surface area contributed by atoms with E-state index in [-0.39, 0.29) is 19.3 Å². The smallest absolute Gasteiger partial charge is 0.461 e. The van der Waals surface area contributed by atoms with E-state index in [0.29, 0.717) is 6.61 Å². The van der Waals surface area contributed by atoms with Gasteiger partial charge in [-0.25, -0.2) is 9.59 Å². The van der Waals surface area contributed by atoms with Crippen molar-refractivity contribution in [2.24, 2.45) is 5.92 Å². The molecule has 0 spiro atoms. The van der Waals surface area contributed by atoms with Crippen molar-refractivity contribution in [1.29, 1.82) is 0 Å². The summed E-state index contributed by atoms with van der Waals surface area (Å²) in [6, 6.07) is 0. The van der Waals surface area contributed by atoms with Gasteiger partial charge in [0.2, 0.25) is 0 Å². The van der Waals surface area contributed by atoms with Crippen LogP contribution in [0.2, 0.25) is 0 Å². The molecule has 0 aromatic rings. The van der Waals surface area contributed by atoms with E-state index in [9.17, 15) is 22.8 Å². The van der Waals surface area contributed by atoms with Gasteiger partial charge in [-0.15, -0.1) is 0 Å². The summed E-state index contributed by atoms with van der Waals surface area (Å²) in [5, 5.41) is 0. The number of hydrogen-bond donors (Lipinski definition) is 0. The zero-order valence-corrected chi connectivity index (χ0v) is 13.6. The summed E-state index contributed by atoms with van der Waals surface area (Å²) >= 11 is 0. The largest absolute Gasteiger partial charge is 0.490 e. The highest BCUT2D eigenvalue weighted by atomic mass is 19.4. The number of alkyl halides is 3. The first-order chi connectivity index (χ1) is 10.6. The number of carbonyl (C=O) groups excluding carboxylic acids is 2. The van der Waals surface area contributed by atoms with Crippen LogP contribution in [0.3, 0.4) is 0 Å². The first-order valence-electron chi connectivity index (χ1n) is 7.21. The number of carbonyl (C=O) groups is 2. The van der Waals surface area contributed by atoms with Gasteiger partial charge in [-0.3, -0.25) is 0 Å². The Bertz CT molecular complexity index is 372. The van der Waals surface area contributed by atoms with Crippen LogP contribution in [0, 0.1) is 5.92 Å². The highest BCUT2D eigenvalue weighted by molar-refractivity contribution is 5.75. The molecule has 0 radical (unpaired) electrons.